The van der Waals surface area contributed by atoms with Crippen LogP contribution in [0.3, 0.4) is 0 Å². The average Bonchev–Trinajstić information content (AvgIpc) is 2.93. The predicted octanol–water partition coefficient (Wildman–Crippen LogP) is 8.90. The number of hydrogen-bond donors (Lipinski definition) is 2. The van der Waals surface area contributed by atoms with E-state index in [4.69, 9.17) is 19.3 Å². The van der Waals surface area contributed by atoms with Crippen molar-refractivity contribution in [2.45, 2.75) is 155 Å². The Morgan fingerprint density at radius 3 is 1.63 bits per heavy atom. The highest BCUT2D eigenvalue weighted by Crippen LogP contribution is 2.35. The van der Waals surface area contributed by atoms with Crippen molar-refractivity contribution in [1.82, 2.24) is 0 Å². The van der Waals surface area contributed by atoms with Crippen molar-refractivity contribution in [2.75, 3.05) is 13.2 Å². The van der Waals surface area contributed by atoms with Gasteiger partial charge in [0, 0.05) is 12.8 Å². The zero-order valence-electron chi connectivity index (χ0n) is 25.9. The van der Waals surface area contributed by atoms with Crippen LogP contribution in [0.5, 0.6) is 0 Å². The summed E-state index contributed by atoms with van der Waals surface area (Å²) in [7, 11) is -4.73. The lowest BCUT2D eigenvalue weighted by atomic mass is 10.1. The van der Waals surface area contributed by atoms with E-state index in [0.29, 0.717) is 6.42 Å². The van der Waals surface area contributed by atoms with Crippen LogP contribution in [0.1, 0.15) is 149 Å². The minimum absolute atomic E-state index is 0.204. The highest BCUT2D eigenvalue weighted by atomic mass is 31.2. The number of carbonyl (C=O) groups is 2. The molecule has 240 valence electrons. The molecule has 1 unspecified atom stereocenters. The Labute approximate surface area is 249 Å². The van der Waals surface area contributed by atoms with Gasteiger partial charge in [-0.3, -0.25) is 14.1 Å². The maximum atomic E-state index is 12.2. The summed E-state index contributed by atoms with van der Waals surface area (Å²) < 4.78 is 26.0. The smallest absolute Gasteiger partial charge is 0.462 e. The molecule has 0 aliphatic heterocycles. The second-order valence-electron chi connectivity index (χ2n) is 10.8. The molecule has 41 heavy (non-hydrogen) atoms. The van der Waals surface area contributed by atoms with Gasteiger partial charge in [-0.15, -0.1) is 0 Å². The van der Waals surface area contributed by atoms with Gasteiger partial charge in [-0.05, 0) is 44.9 Å². The predicted molar refractivity (Wildman–Crippen MR) is 165 cm³/mol. The third kappa shape index (κ3) is 31.3. The van der Waals surface area contributed by atoms with E-state index in [1.165, 1.54) is 51.4 Å². The van der Waals surface area contributed by atoms with E-state index < -0.39 is 32.5 Å². The Bertz CT molecular complexity index is 731. The minimum atomic E-state index is -4.73. The monoisotopic (exact) mass is 602 g/mol. The highest BCUT2D eigenvalue weighted by Gasteiger charge is 2.22. The van der Waals surface area contributed by atoms with Gasteiger partial charge >= 0.3 is 19.8 Å². The summed E-state index contributed by atoms with van der Waals surface area (Å²) in [6.45, 7) is 3.53. The molecular formula is C32H59O8P. The van der Waals surface area contributed by atoms with E-state index in [0.717, 1.165) is 64.2 Å². The van der Waals surface area contributed by atoms with Gasteiger partial charge in [0.1, 0.15) is 6.61 Å². The molecule has 0 fully saturated rings. The third-order valence-electron chi connectivity index (χ3n) is 6.72. The summed E-state index contributed by atoms with van der Waals surface area (Å²) in [4.78, 5) is 42.1. The molecular weight excluding hydrogens is 543 g/mol. The Balaban J connectivity index is 3.93. The summed E-state index contributed by atoms with van der Waals surface area (Å²) in [6.07, 6.45) is 29.4. The lowest BCUT2D eigenvalue weighted by Crippen LogP contribution is -2.29. The largest absolute Gasteiger partial charge is 0.469 e. The molecule has 0 spiro atoms. The van der Waals surface area contributed by atoms with Crippen LogP contribution < -0.4 is 0 Å². The van der Waals surface area contributed by atoms with E-state index in [2.05, 4.69) is 42.7 Å². The van der Waals surface area contributed by atoms with E-state index >= 15 is 0 Å². The fourth-order valence-corrected chi connectivity index (χ4v) is 4.64. The maximum Gasteiger partial charge on any atom is 0.469 e. The second-order valence-corrected chi connectivity index (χ2v) is 12.0. The Morgan fingerprint density at radius 1 is 0.634 bits per heavy atom. The SMILES string of the molecule is CCCCCC/C=C\C/C=C\CCCCCCCCCC(=O)OC(COC(=O)CCCCCCC)COP(=O)(O)O. The molecule has 0 aromatic rings. The molecule has 0 saturated heterocycles. The number of allylic oxidation sites excluding steroid dienone is 4. The van der Waals surface area contributed by atoms with E-state index in [-0.39, 0.29) is 19.4 Å². The standard InChI is InChI=1S/C32H59O8P/c1-3-5-7-9-10-11-12-13-14-15-16-17-18-19-20-21-23-25-27-32(34)40-30(29-39-41(35,36)37)28-38-31(33)26-24-22-8-6-4-2/h11-12,14-15,30H,3-10,13,16-29H2,1-2H3,(H2,35,36,37)/b12-11-,15-14-. The van der Waals surface area contributed by atoms with Crippen LogP contribution in [0.25, 0.3) is 0 Å². The molecule has 8 nitrogen and oxygen atoms in total. The first-order valence-corrected chi connectivity index (χ1v) is 17.7. The van der Waals surface area contributed by atoms with Crippen molar-refractivity contribution in [2.24, 2.45) is 0 Å². The third-order valence-corrected chi connectivity index (χ3v) is 7.21. The van der Waals surface area contributed by atoms with Crippen molar-refractivity contribution in [1.29, 1.82) is 0 Å². The number of ether oxygens (including phenoxy) is 2. The van der Waals surface area contributed by atoms with Crippen LogP contribution >= 0.6 is 7.82 Å². The zero-order chi connectivity index (χ0) is 30.4. The molecule has 0 bridgehead atoms. The number of rotatable bonds is 29. The van der Waals surface area contributed by atoms with Crippen molar-refractivity contribution in [3.63, 3.8) is 0 Å². The fourth-order valence-electron chi connectivity index (χ4n) is 4.28. The Kier molecular flexibility index (Phi) is 27.6. The van der Waals surface area contributed by atoms with Crippen LogP contribution in [0, 0.1) is 0 Å². The number of carbonyl (C=O) groups excluding carboxylic acids is 2. The molecule has 1 atom stereocenters. The van der Waals surface area contributed by atoms with Crippen molar-refractivity contribution < 1.29 is 37.9 Å². The molecule has 0 amide bonds. The highest BCUT2D eigenvalue weighted by molar-refractivity contribution is 7.46. The maximum absolute atomic E-state index is 12.2. The molecule has 9 heteroatoms. The lowest BCUT2D eigenvalue weighted by molar-refractivity contribution is -0.161. The van der Waals surface area contributed by atoms with Gasteiger partial charge < -0.3 is 19.3 Å². The number of hydrogen-bond acceptors (Lipinski definition) is 6. The van der Waals surface area contributed by atoms with Gasteiger partial charge in [0.15, 0.2) is 6.10 Å². The topological polar surface area (TPSA) is 119 Å². The molecule has 0 aliphatic carbocycles. The van der Waals surface area contributed by atoms with E-state index in [1.54, 1.807) is 0 Å². The van der Waals surface area contributed by atoms with Gasteiger partial charge in [0.25, 0.3) is 0 Å². The second kappa shape index (κ2) is 28.6. The van der Waals surface area contributed by atoms with Crippen LogP contribution in [-0.2, 0) is 28.2 Å². The fraction of sp³-hybridized carbons (Fsp3) is 0.812. The first-order chi connectivity index (χ1) is 19.8. The van der Waals surface area contributed by atoms with Crippen molar-refractivity contribution >= 4 is 19.8 Å². The summed E-state index contributed by atoms with van der Waals surface area (Å²) in [5, 5.41) is 0. The normalized spacial score (nSPS) is 12.8. The average molecular weight is 603 g/mol. The summed E-state index contributed by atoms with van der Waals surface area (Å²) in [5.74, 6) is -0.909. The minimum Gasteiger partial charge on any atom is -0.462 e. The van der Waals surface area contributed by atoms with Crippen LogP contribution in [0.2, 0.25) is 0 Å². The summed E-state index contributed by atoms with van der Waals surface area (Å²) in [5.41, 5.74) is 0. The van der Waals surface area contributed by atoms with Gasteiger partial charge in [-0.25, -0.2) is 4.57 Å². The molecule has 0 aromatic heterocycles. The van der Waals surface area contributed by atoms with Crippen LogP contribution in [-0.4, -0.2) is 41.0 Å². The van der Waals surface area contributed by atoms with E-state index in [1.807, 2.05) is 0 Å². The number of esters is 2. The quantitative estimate of drug-likeness (QED) is 0.0377. The molecule has 0 aromatic carbocycles. The van der Waals surface area contributed by atoms with Gasteiger partial charge in [-0.2, -0.15) is 0 Å². The molecule has 0 aliphatic rings. The van der Waals surface area contributed by atoms with Gasteiger partial charge in [-0.1, -0.05) is 115 Å². The first kappa shape index (κ1) is 39.5. The van der Waals surface area contributed by atoms with Crippen molar-refractivity contribution in [3.8, 4) is 0 Å². The molecule has 0 saturated carbocycles. The number of unbranched alkanes of at least 4 members (excludes halogenated alkanes) is 15. The van der Waals surface area contributed by atoms with Crippen LogP contribution in [0.15, 0.2) is 24.3 Å². The summed E-state index contributed by atoms with van der Waals surface area (Å²) in [6, 6.07) is 0. The molecule has 0 radical (unpaired) electrons. The molecule has 0 rings (SSSR count). The first-order valence-electron chi connectivity index (χ1n) is 16.1. The Hall–Kier alpha value is -1.47. The summed E-state index contributed by atoms with van der Waals surface area (Å²) >= 11 is 0. The Morgan fingerprint density at radius 2 is 1.10 bits per heavy atom. The van der Waals surface area contributed by atoms with Gasteiger partial charge in [0.05, 0.1) is 6.61 Å². The van der Waals surface area contributed by atoms with Crippen LogP contribution in [0.4, 0.5) is 0 Å². The lowest BCUT2D eigenvalue weighted by Gasteiger charge is -2.18. The number of phosphoric ester groups is 1. The molecule has 2 N–H and O–H groups in total. The van der Waals surface area contributed by atoms with Crippen molar-refractivity contribution in [3.05, 3.63) is 24.3 Å². The zero-order valence-corrected chi connectivity index (χ0v) is 26.8. The number of phosphoric acid groups is 1. The van der Waals surface area contributed by atoms with Gasteiger partial charge in [0.2, 0.25) is 0 Å². The van der Waals surface area contributed by atoms with E-state index in [9.17, 15) is 14.2 Å². The molecule has 0 heterocycles.